The van der Waals surface area contributed by atoms with Crippen molar-refractivity contribution in [3.05, 3.63) is 47.5 Å². The fourth-order valence-electron chi connectivity index (χ4n) is 2.51. The van der Waals surface area contributed by atoms with E-state index in [1.54, 1.807) is 47.4 Å². The molecule has 1 N–H and O–H groups in total. The van der Waals surface area contributed by atoms with E-state index < -0.39 is 0 Å². The zero-order valence-corrected chi connectivity index (χ0v) is 14.4. The lowest BCUT2D eigenvalue weighted by molar-refractivity contribution is -0.121. The Morgan fingerprint density at radius 1 is 1.28 bits per heavy atom. The van der Waals surface area contributed by atoms with Crippen molar-refractivity contribution in [3.8, 4) is 11.5 Å². The second-order valence-electron chi connectivity index (χ2n) is 5.50. The molecular formula is C18H17ClN2O4. The van der Waals surface area contributed by atoms with Crippen LogP contribution in [0.5, 0.6) is 11.5 Å². The van der Waals surface area contributed by atoms with E-state index in [1.807, 2.05) is 0 Å². The van der Waals surface area contributed by atoms with Crippen LogP contribution in [0.4, 0.5) is 11.4 Å². The molecule has 0 radical (unpaired) electrons. The van der Waals surface area contributed by atoms with Gasteiger partial charge in [0.1, 0.15) is 18.1 Å². The van der Waals surface area contributed by atoms with Crippen LogP contribution in [0.3, 0.4) is 0 Å². The predicted octanol–water partition coefficient (Wildman–Crippen LogP) is 3.10. The lowest BCUT2D eigenvalue weighted by Gasteiger charge is -2.29. The molecule has 0 aliphatic carbocycles. The lowest BCUT2D eigenvalue weighted by Crippen LogP contribution is -2.41. The third kappa shape index (κ3) is 4.22. The average molecular weight is 361 g/mol. The van der Waals surface area contributed by atoms with E-state index in [0.717, 1.165) is 0 Å². The number of anilines is 2. The maximum Gasteiger partial charge on any atom is 0.265 e. The van der Waals surface area contributed by atoms with Gasteiger partial charge in [0, 0.05) is 17.6 Å². The third-order valence-corrected chi connectivity index (χ3v) is 3.87. The highest BCUT2D eigenvalue weighted by molar-refractivity contribution is 6.30. The summed E-state index contributed by atoms with van der Waals surface area (Å²) in [6, 6.07) is 12.2. The Labute approximate surface area is 150 Å². The largest absolute Gasteiger partial charge is 0.492 e. The highest BCUT2D eigenvalue weighted by atomic mass is 35.5. The van der Waals surface area contributed by atoms with Crippen LogP contribution >= 0.6 is 11.6 Å². The number of hydrogen-bond acceptors (Lipinski definition) is 4. The number of nitrogens with zero attached hydrogens (tertiary/aromatic N) is 1. The molecule has 0 saturated heterocycles. The van der Waals surface area contributed by atoms with E-state index >= 15 is 0 Å². The van der Waals surface area contributed by atoms with Gasteiger partial charge in [0.05, 0.1) is 12.2 Å². The normalized spacial score (nSPS) is 13.0. The molecule has 0 fully saturated rings. The number of rotatable bonds is 5. The molecule has 0 bridgehead atoms. The molecule has 2 amide bonds. The first-order valence-electron chi connectivity index (χ1n) is 7.76. The van der Waals surface area contributed by atoms with Crippen molar-refractivity contribution in [2.45, 2.75) is 6.92 Å². The Kier molecular flexibility index (Phi) is 5.09. The highest BCUT2D eigenvalue weighted by Crippen LogP contribution is 2.34. The van der Waals surface area contributed by atoms with Gasteiger partial charge in [0.25, 0.3) is 5.91 Å². The third-order valence-electron chi connectivity index (χ3n) is 3.62. The summed E-state index contributed by atoms with van der Waals surface area (Å²) in [5, 5.41) is 3.34. The monoisotopic (exact) mass is 360 g/mol. The SMILES string of the molecule is CC(=O)Nc1ccc2c(c1)N(CCOc1ccc(Cl)cc1)C(=O)CO2. The van der Waals surface area contributed by atoms with Gasteiger partial charge in [-0.15, -0.1) is 0 Å². The number of amides is 2. The quantitative estimate of drug-likeness (QED) is 0.889. The van der Waals surface area contributed by atoms with Gasteiger partial charge in [0.15, 0.2) is 6.61 Å². The van der Waals surface area contributed by atoms with Gasteiger partial charge in [-0.3, -0.25) is 9.59 Å². The van der Waals surface area contributed by atoms with Crippen molar-refractivity contribution >= 4 is 34.8 Å². The zero-order chi connectivity index (χ0) is 17.8. The van der Waals surface area contributed by atoms with Gasteiger partial charge < -0.3 is 19.7 Å². The van der Waals surface area contributed by atoms with Gasteiger partial charge in [-0.1, -0.05) is 11.6 Å². The first kappa shape index (κ1) is 17.1. The number of halogens is 1. The minimum absolute atomic E-state index is 0.0204. The van der Waals surface area contributed by atoms with Gasteiger partial charge in [-0.05, 0) is 42.5 Å². The number of benzene rings is 2. The smallest absolute Gasteiger partial charge is 0.265 e. The number of fused-ring (bicyclic) bond motifs is 1. The second kappa shape index (κ2) is 7.44. The summed E-state index contributed by atoms with van der Waals surface area (Å²) in [6.45, 7) is 2.09. The van der Waals surface area contributed by atoms with E-state index in [9.17, 15) is 9.59 Å². The molecule has 1 heterocycles. The molecule has 7 heteroatoms. The fourth-order valence-corrected chi connectivity index (χ4v) is 2.64. The maximum atomic E-state index is 12.2. The molecular weight excluding hydrogens is 344 g/mol. The lowest BCUT2D eigenvalue weighted by atomic mass is 10.2. The van der Waals surface area contributed by atoms with Crippen LogP contribution < -0.4 is 19.7 Å². The summed E-state index contributed by atoms with van der Waals surface area (Å²) in [5.41, 5.74) is 1.22. The van der Waals surface area contributed by atoms with E-state index in [2.05, 4.69) is 5.32 Å². The Balaban J connectivity index is 1.71. The van der Waals surface area contributed by atoms with Gasteiger partial charge >= 0.3 is 0 Å². The summed E-state index contributed by atoms with van der Waals surface area (Å²) < 4.78 is 11.1. The van der Waals surface area contributed by atoms with Crippen LogP contribution in [0, 0.1) is 0 Å². The van der Waals surface area contributed by atoms with E-state index in [0.29, 0.717) is 41.0 Å². The molecule has 0 aromatic heterocycles. The number of carbonyl (C=O) groups is 2. The molecule has 0 saturated carbocycles. The number of ether oxygens (including phenoxy) is 2. The topological polar surface area (TPSA) is 67.9 Å². The van der Waals surface area contributed by atoms with Crippen molar-refractivity contribution in [2.24, 2.45) is 0 Å². The summed E-state index contributed by atoms with van der Waals surface area (Å²) >= 11 is 5.84. The molecule has 3 rings (SSSR count). The molecule has 6 nitrogen and oxygen atoms in total. The fraction of sp³-hybridized carbons (Fsp3) is 0.222. The molecule has 25 heavy (non-hydrogen) atoms. The first-order chi connectivity index (χ1) is 12.0. The molecule has 2 aromatic rings. The summed E-state index contributed by atoms with van der Waals surface area (Å²) in [4.78, 5) is 25.0. The number of hydrogen-bond donors (Lipinski definition) is 1. The molecule has 1 aliphatic heterocycles. The van der Waals surface area contributed by atoms with Crippen molar-refractivity contribution < 1.29 is 19.1 Å². The van der Waals surface area contributed by atoms with Crippen molar-refractivity contribution in [2.75, 3.05) is 30.0 Å². The molecule has 1 aliphatic rings. The Morgan fingerprint density at radius 3 is 2.76 bits per heavy atom. The van der Waals surface area contributed by atoms with Crippen molar-refractivity contribution in [1.29, 1.82) is 0 Å². The number of carbonyl (C=O) groups excluding carboxylic acids is 2. The van der Waals surface area contributed by atoms with Crippen LogP contribution in [0.25, 0.3) is 0 Å². The van der Waals surface area contributed by atoms with Crippen molar-refractivity contribution in [1.82, 2.24) is 0 Å². The van der Waals surface area contributed by atoms with Crippen LogP contribution in [0.1, 0.15) is 6.92 Å². The second-order valence-corrected chi connectivity index (χ2v) is 5.94. The highest BCUT2D eigenvalue weighted by Gasteiger charge is 2.25. The summed E-state index contributed by atoms with van der Waals surface area (Å²) in [6.07, 6.45) is 0. The molecule has 0 unspecified atom stereocenters. The van der Waals surface area contributed by atoms with Gasteiger partial charge in [-0.2, -0.15) is 0 Å². The molecule has 0 atom stereocenters. The number of nitrogens with one attached hydrogen (secondary N) is 1. The Morgan fingerprint density at radius 2 is 2.04 bits per heavy atom. The summed E-state index contributed by atoms with van der Waals surface area (Å²) in [7, 11) is 0. The van der Waals surface area contributed by atoms with Crippen LogP contribution in [-0.4, -0.2) is 31.6 Å². The van der Waals surface area contributed by atoms with Gasteiger partial charge in [0.2, 0.25) is 5.91 Å². The average Bonchev–Trinajstić information content (AvgIpc) is 2.58. The maximum absolute atomic E-state index is 12.2. The van der Waals surface area contributed by atoms with Crippen LogP contribution in [-0.2, 0) is 9.59 Å². The Bertz CT molecular complexity index is 792. The standard InChI is InChI=1S/C18H17ClN2O4/c1-12(22)20-14-4-7-17-16(10-14)21(18(23)11-25-17)8-9-24-15-5-2-13(19)3-6-15/h2-7,10H,8-9,11H2,1H3,(H,20,22). The van der Waals surface area contributed by atoms with Crippen LogP contribution in [0.2, 0.25) is 5.02 Å². The zero-order valence-electron chi connectivity index (χ0n) is 13.6. The first-order valence-corrected chi connectivity index (χ1v) is 8.14. The van der Waals surface area contributed by atoms with Crippen LogP contribution in [0.15, 0.2) is 42.5 Å². The van der Waals surface area contributed by atoms with E-state index in [-0.39, 0.29) is 18.4 Å². The molecule has 2 aromatic carbocycles. The van der Waals surface area contributed by atoms with Gasteiger partial charge in [-0.25, -0.2) is 0 Å². The van der Waals surface area contributed by atoms with Crippen molar-refractivity contribution in [3.63, 3.8) is 0 Å². The predicted molar refractivity (Wildman–Crippen MR) is 95.5 cm³/mol. The molecule has 0 spiro atoms. The summed E-state index contributed by atoms with van der Waals surface area (Å²) in [5.74, 6) is 0.935. The van der Waals surface area contributed by atoms with E-state index in [4.69, 9.17) is 21.1 Å². The van der Waals surface area contributed by atoms with E-state index in [1.165, 1.54) is 6.92 Å². The molecule has 130 valence electrons. The minimum atomic E-state index is -0.180. The Hall–Kier alpha value is -2.73. The minimum Gasteiger partial charge on any atom is -0.492 e.